The number of nitrogens with zero attached hydrogens (tertiary/aromatic N) is 1. The van der Waals surface area contributed by atoms with Gasteiger partial charge in [0.05, 0.1) is 0 Å². The zero-order valence-corrected chi connectivity index (χ0v) is 11.6. The summed E-state index contributed by atoms with van der Waals surface area (Å²) in [5.41, 5.74) is 5.88. The second-order valence-electron chi connectivity index (χ2n) is 5.05. The number of hydrogen-bond acceptors (Lipinski definition) is 5. The summed E-state index contributed by atoms with van der Waals surface area (Å²) in [6.07, 6.45) is 0.927. The minimum absolute atomic E-state index is 0.147. The topological polar surface area (TPSA) is 80.0 Å². The second-order valence-corrected chi connectivity index (χ2v) is 6.05. The maximum atomic E-state index is 11.8. The zero-order valence-electron chi connectivity index (χ0n) is 10.8. The standard InChI is InChI=1S/C11H20N4OS/c1-11(2,3)5-6-14-9(16)7-8(12)15-10(13-4)17-7/h5-6,12H2,1-4H3,(H,13,15)(H,14,16). The smallest absolute Gasteiger partial charge is 0.265 e. The van der Waals surface area contributed by atoms with Crippen LogP contribution in [0.2, 0.25) is 0 Å². The number of hydrogen-bond donors (Lipinski definition) is 3. The van der Waals surface area contributed by atoms with Crippen molar-refractivity contribution in [3.8, 4) is 0 Å². The Kier molecular flexibility index (Phi) is 4.34. The first kappa shape index (κ1) is 13.8. The summed E-state index contributed by atoms with van der Waals surface area (Å²) >= 11 is 1.27. The molecule has 0 bridgehead atoms. The van der Waals surface area contributed by atoms with Gasteiger partial charge in [-0.3, -0.25) is 4.79 Å². The van der Waals surface area contributed by atoms with Crippen LogP contribution in [0.3, 0.4) is 0 Å². The third-order valence-corrected chi connectivity index (χ3v) is 3.32. The van der Waals surface area contributed by atoms with Crippen molar-refractivity contribution in [2.75, 3.05) is 24.6 Å². The van der Waals surface area contributed by atoms with Crippen LogP contribution in [0.25, 0.3) is 0 Å². The van der Waals surface area contributed by atoms with Crippen LogP contribution in [0.1, 0.15) is 36.9 Å². The summed E-state index contributed by atoms with van der Waals surface area (Å²) in [5.74, 6) is 0.137. The van der Waals surface area contributed by atoms with Crippen LogP contribution in [-0.4, -0.2) is 24.5 Å². The highest BCUT2D eigenvalue weighted by Gasteiger charge is 2.16. The number of aromatic nitrogens is 1. The highest BCUT2D eigenvalue weighted by atomic mass is 32.1. The fraction of sp³-hybridized carbons (Fsp3) is 0.636. The van der Waals surface area contributed by atoms with Crippen molar-refractivity contribution in [3.63, 3.8) is 0 Å². The first-order valence-electron chi connectivity index (χ1n) is 5.56. The molecular formula is C11H20N4OS. The van der Waals surface area contributed by atoms with Gasteiger partial charge < -0.3 is 16.4 Å². The van der Waals surface area contributed by atoms with Crippen LogP contribution < -0.4 is 16.4 Å². The maximum absolute atomic E-state index is 11.8. The predicted octanol–water partition coefficient (Wildman–Crippen LogP) is 1.93. The Hall–Kier alpha value is -1.30. The second kappa shape index (κ2) is 5.35. The van der Waals surface area contributed by atoms with Crippen molar-refractivity contribution in [1.29, 1.82) is 0 Å². The maximum Gasteiger partial charge on any atom is 0.265 e. The van der Waals surface area contributed by atoms with Gasteiger partial charge in [-0.1, -0.05) is 32.1 Å². The number of anilines is 2. The third kappa shape index (κ3) is 4.22. The number of nitrogens with one attached hydrogen (secondary N) is 2. The van der Waals surface area contributed by atoms with E-state index in [0.717, 1.165) is 6.42 Å². The molecule has 0 aliphatic carbocycles. The fourth-order valence-corrected chi connectivity index (χ4v) is 1.99. The summed E-state index contributed by atoms with van der Waals surface area (Å²) in [5, 5.41) is 6.38. The van der Waals surface area contributed by atoms with E-state index in [9.17, 15) is 4.79 Å². The first-order chi connectivity index (χ1) is 7.83. The lowest BCUT2D eigenvalue weighted by Gasteiger charge is -2.17. The summed E-state index contributed by atoms with van der Waals surface area (Å²) in [4.78, 5) is 16.3. The Morgan fingerprint density at radius 1 is 1.47 bits per heavy atom. The van der Waals surface area contributed by atoms with E-state index >= 15 is 0 Å². The van der Waals surface area contributed by atoms with Crippen LogP contribution in [0.4, 0.5) is 10.9 Å². The van der Waals surface area contributed by atoms with Crippen LogP contribution in [0, 0.1) is 5.41 Å². The van der Waals surface area contributed by atoms with Crippen LogP contribution >= 0.6 is 11.3 Å². The Balaban J connectivity index is 2.55. The average Bonchev–Trinajstić information content (AvgIpc) is 2.57. The van der Waals surface area contributed by atoms with E-state index in [-0.39, 0.29) is 17.1 Å². The molecule has 1 rings (SSSR count). The van der Waals surface area contributed by atoms with E-state index < -0.39 is 0 Å². The van der Waals surface area contributed by atoms with E-state index in [1.807, 2.05) is 0 Å². The molecule has 0 radical (unpaired) electrons. The van der Waals surface area contributed by atoms with Gasteiger partial charge in [0.25, 0.3) is 5.91 Å². The van der Waals surface area contributed by atoms with Gasteiger partial charge in [0.15, 0.2) is 5.13 Å². The molecule has 0 unspecified atom stereocenters. The van der Waals surface area contributed by atoms with Gasteiger partial charge in [-0.25, -0.2) is 4.98 Å². The quantitative estimate of drug-likeness (QED) is 0.769. The molecule has 1 aromatic rings. The lowest BCUT2D eigenvalue weighted by atomic mass is 9.92. The lowest BCUT2D eigenvalue weighted by molar-refractivity contribution is 0.0954. The first-order valence-corrected chi connectivity index (χ1v) is 6.37. The zero-order chi connectivity index (χ0) is 13.1. The van der Waals surface area contributed by atoms with Gasteiger partial charge in [0, 0.05) is 13.6 Å². The highest BCUT2D eigenvalue weighted by Crippen LogP contribution is 2.24. The largest absolute Gasteiger partial charge is 0.382 e. The molecule has 0 aromatic carbocycles. The molecule has 5 nitrogen and oxygen atoms in total. The summed E-state index contributed by atoms with van der Waals surface area (Å²) in [6, 6.07) is 0. The summed E-state index contributed by atoms with van der Waals surface area (Å²) < 4.78 is 0. The van der Waals surface area contributed by atoms with E-state index in [4.69, 9.17) is 5.73 Å². The van der Waals surface area contributed by atoms with Gasteiger partial charge in [0.1, 0.15) is 10.7 Å². The van der Waals surface area contributed by atoms with Gasteiger partial charge in [-0.05, 0) is 11.8 Å². The van der Waals surface area contributed by atoms with Gasteiger partial charge in [0.2, 0.25) is 0 Å². The van der Waals surface area contributed by atoms with Gasteiger partial charge in [-0.15, -0.1) is 0 Å². The molecule has 6 heteroatoms. The molecule has 96 valence electrons. The highest BCUT2D eigenvalue weighted by molar-refractivity contribution is 7.18. The molecule has 0 aliphatic heterocycles. The van der Waals surface area contributed by atoms with Crippen molar-refractivity contribution in [2.45, 2.75) is 27.2 Å². The number of rotatable bonds is 4. The Labute approximate surface area is 106 Å². The lowest BCUT2D eigenvalue weighted by Crippen LogP contribution is -2.27. The molecule has 1 amide bonds. The molecule has 0 saturated carbocycles. The molecule has 0 aliphatic rings. The van der Waals surface area contributed by atoms with E-state index in [1.54, 1.807) is 7.05 Å². The minimum atomic E-state index is -0.147. The number of carbonyl (C=O) groups excluding carboxylic acids is 1. The van der Waals surface area contributed by atoms with Crippen LogP contribution in [0.15, 0.2) is 0 Å². The van der Waals surface area contributed by atoms with Crippen molar-refractivity contribution in [2.24, 2.45) is 5.41 Å². The number of nitrogen functional groups attached to an aromatic ring is 1. The normalized spacial score (nSPS) is 11.3. The molecular weight excluding hydrogens is 236 g/mol. The van der Waals surface area contributed by atoms with Crippen molar-refractivity contribution in [1.82, 2.24) is 10.3 Å². The minimum Gasteiger partial charge on any atom is -0.382 e. The third-order valence-electron chi connectivity index (χ3n) is 2.23. The molecule has 1 heterocycles. The fourth-order valence-electron chi connectivity index (χ4n) is 1.23. The Morgan fingerprint density at radius 2 is 2.12 bits per heavy atom. The molecule has 17 heavy (non-hydrogen) atoms. The van der Waals surface area contributed by atoms with Crippen molar-refractivity contribution >= 4 is 28.2 Å². The van der Waals surface area contributed by atoms with Crippen LogP contribution in [-0.2, 0) is 0 Å². The predicted molar refractivity (Wildman–Crippen MR) is 72.5 cm³/mol. The van der Waals surface area contributed by atoms with E-state index in [1.165, 1.54) is 11.3 Å². The van der Waals surface area contributed by atoms with Gasteiger partial charge >= 0.3 is 0 Å². The summed E-state index contributed by atoms with van der Waals surface area (Å²) in [6.45, 7) is 7.06. The monoisotopic (exact) mass is 256 g/mol. The Bertz CT molecular complexity index is 395. The molecule has 1 aromatic heterocycles. The number of amides is 1. The molecule has 0 atom stereocenters. The SMILES string of the molecule is CNc1nc(N)c(C(=O)NCCC(C)(C)C)s1. The summed E-state index contributed by atoms with van der Waals surface area (Å²) in [7, 11) is 1.75. The van der Waals surface area contributed by atoms with E-state index in [2.05, 4.69) is 36.4 Å². The average molecular weight is 256 g/mol. The van der Waals surface area contributed by atoms with Crippen LogP contribution in [0.5, 0.6) is 0 Å². The number of nitrogens with two attached hydrogens (primary N) is 1. The Morgan fingerprint density at radius 3 is 2.59 bits per heavy atom. The number of thiazole rings is 1. The molecule has 0 fully saturated rings. The van der Waals surface area contributed by atoms with Gasteiger partial charge in [-0.2, -0.15) is 0 Å². The molecule has 0 saturated heterocycles. The van der Waals surface area contributed by atoms with Crippen molar-refractivity contribution in [3.05, 3.63) is 4.88 Å². The molecule has 0 spiro atoms. The van der Waals surface area contributed by atoms with Crippen molar-refractivity contribution < 1.29 is 4.79 Å². The molecule has 4 N–H and O–H groups in total. The van der Waals surface area contributed by atoms with E-state index in [0.29, 0.717) is 16.6 Å². The number of carbonyl (C=O) groups is 1.